The number of piperidine rings is 2. The number of benzene rings is 1. The van der Waals surface area contributed by atoms with Crippen LogP contribution in [0.3, 0.4) is 0 Å². The average Bonchev–Trinajstić information content (AvgIpc) is 2.72. The summed E-state index contributed by atoms with van der Waals surface area (Å²) in [5, 5.41) is 13.4. The highest BCUT2D eigenvalue weighted by Crippen LogP contribution is 2.37. The second-order valence-corrected chi connectivity index (χ2v) is 8.74. The molecule has 1 aromatic rings. The van der Waals surface area contributed by atoms with E-state index in [0.29, 0.717) is 39.0 Å². The Morgan fingerprint density at radius 1 is 1.24 bits per heavy atom. The number of hydrogen-bond donors (Lipinski definition) is 2. The molecule has 0 bridgehead atoms. The molecule has 0 unspecified atom stereocenters. The molecule has 0 saturated carbocycles. The van der Waals surface area contributed by atoms with Crippen molar-refractivity contribution in [3.63, 3.8) is 0 Å². The molecule has 2 amide bonds. The predicted octanol–water partition coefficient (Wildman–Crippen LogP) is 0.607. The van der Waals surface area contributed by atoms with Gasteiger partial charge in [-0.3, -0.25) is 14.5 Å². The number of piperazine rings is 1. The molecule has 0 aromatic heterocycles. The summed E-state index contributed by atoms with van der Waals surface area (Å²) >= 11 is 0. The first-order valence-corrected chi connectivity index (χ1v) is 10.8. The van der Waals surface area contributed by atoms with Crippen LogP contribution in [0, 0.1) is 12.3 Å². The van der Waals surface area contributed by atoms with Gasteiger partial charge in [0.25, 0.3) is 0 Å². The molecule has 1 spiro atoms. The molecule has 0 radical (unpaired) electrons. The maximum atomic E-state index is 13.0. The van der Waals surface area contributed by atoms with Gasteiger partial charge in [-0.15, -0.1) is 0 Å². The van der Waals surface area contributed by atoms with Crippen LogP contribution in [-0.4, -0.2) is 85.2 Å². The van der Waals surface area contributed by atoms with Crippen LogP contribution in [0.4, 0.5) is 5.69 Å². The lowest BCUT2D eigenvalue weighted by Gasteiger charge is -2.47. The number of carbonyl (C=O) groups is 2. The third kappa shape index (κ3) is 4.12. The van der Waals surface area contributed by atoms with Crippen molar-refractivity contribution in [3.05, 3.63) is 29.8 Å². The van der Waals surface area contributed by atoms with Crippen LogP contribution >= 0.6 is 0 Å². The number of nitrogens with one attached hydrogen (secondary N) is 1. The summed E-state index contributed by atoms with van der Waals surface area (Å²) in [4.78, 5) is 31.8. The van der Waals surface area contributed by atoms with Crippen molar-refractivity contribution in [1.29, 1.82) is 0 Å². The van der Waals surface area contributed by atoms with E-state index >= 15 is 0 Å². The lowest BCUT2D eigenvalue weighted by Crippen LogP contribution is -2.63. The van der Waals surface area contributed by atoms with Crippen LogP contribution in [0.15, 0.2) is 24.3 Å². The van der Waals surface area contributed by atoms with Crippen LogP contribution in [-0.2, 0) is 9.59 Å². The molecule has 4 rings (SSSR count). The van der Waals surface area contributed by atoms with E-state index in [1.807, 2.05) is 0 Å². The summed E-state index contributed by atoms with van der Waals surface area (Å²) in [5.74, 6) is -0.0285. The van der Waals surface area contributed by atoms with Crippen molar-refractivity contribution in [2.45, 2.75) is 32.3 Å². The summed E-state index contributed by atoms with van der Waals surface area (Å²) in [6, 6.07) is 8.53. The number of amides is 2. The molecule has 3 saturated heterocycles. The summed E-state index contributed by atoms with van der Waals surface area (Å²) in [7, 11) is 0. The molecule has 3 aliphatic rings. The molecule has 0 aliphatic carbocycles. The van der Waals surface area contributed by atoms with E-state index in [1.165, 1.54) is 11.3 Å². The Bertz CT molecular complexity index is 762. The van der Waals surface area contributed by atoms with Gasteiger partial charge in [0, 0.05) is 51.5 Å². The van der Waals surface area contributed by atoms with Crippen molar-refractivity contribution >= 4 is 17.5 Å². The van der Waals surface area contributed by atoms with Crippen LogP contribution in [0.2, 0.25) is 0 Å². The van der Waals surface area contributed by atoms with Gasteiger partial charge in [0.15, 0.2) is 0 Å². The third-order valence-electron chi connectivity index (χ3n) is 6.77. The molecule has 3 aliphatic heterocycles. The average molecular weight is 401 g/mol. The highest BCUT2D eigenvalue weighted by atomic mass is 16.3. The van der Waals surface area contributed by atoms with E-state index in [9.17, 15) is 14.7 Å². The van der Waals surface area contributed by atoms with E-state index in [1.54, 1.807) is 4.90 Å². The topological polar surface area (TPSA) is 76.1 Å². The van der Waals surface area contributed by atoms with Crippen LogP contribution < -0.4 is 10.2 Å². The van der Waals surface area contributed by atoms with Crippen molar-refractivity contribution < 1.29 is 14.7 Å². The summed E-state index contributed by atoms with van der Waals surface area (Å²) < 4.78 is 0. The smallest absolute Gasteiger partial charge is 0.236 e. The molecule has 158 valence electrons. The molecular formula is C22H32N4O3. The second kappa shape index (κ2) is 8.32. The normalized spacial score (nSPS) is 28.5. The molecule has 2 atom stereocenters. The maximum absolute atomic E-state index is 13.0. The molecule has 2 N–H and O–H groups in total. The number of anilines is 1. The predicted molar refractivity (Wildman–Crippen MR) is 112 cm³/mol. The van der Waals surface area contributed by atoms with Crippen molar-refractivity contribution in [3.8, 4) is 0 Å². The first-order valence-electron chi connectivity index (χ1n) is 10.8. The first kappa shape index (κ1) is 20.2. The fourth-order valence-electron chi connectivity index (χ4n) is 4.94. The minimum Gasteiger partial charge on any atom is -0.392 e. The van der Waals surface area contributed by atoms with Gasteiger partial charge >= 0.3 is 0 Å². The third-order valence-corrected chi connectivity index (χ3v) is 6.77. The summed E-state index contributed by atoms with van der Waals surface area (Å²) in [6.45, 7) is 7.52. The van der Waals surface area contributed by atoms with Gasteiger partial charge in [-0.2, -0.15) is 0 Å². The maximum Gasteiger partial charge on any atom is 0.236 e. The molecule has 7 nitrogen and oxygen atoms in total. The minimum absolute atomic E-state index is 0.0682. The number of likely N-dealkylation sites (tertiary alicyclic amines) is 1. The number of rotatable bonds is 3. The zero-order valence-electron chi connectivity index (χ0n) is 17.3. The number of aliphatic hydroxyl groups excluding tert-OH is 1. The van der Waals surface area contributed by atoms with Gasteiger partial charge in [-0.1, -0.05) is 12.1 Å². The molecular weight excluding hydrogens is 368 g/mol. The van der Waals surface area contributed by atoms with E-state index in [2.05, 4.69) is 46.3 Å². The van der Waals surface area contributed by atoms with Crippen molar-refractivity contribution in [1.82, 2.24) is 15.1 Å². The van der Waals surface area contributed by atoms with Gasteiger partial charge in [0.2, 0.25) is 11.8 Å². The number of carbonyl (C=O) groups excluding carboxylic acids is 2. The van der Waals surface area contributed by atoms with Gasteiger partial charge in [-0.25, -0.2) is 0 Å². The Morgan fingerprint density at radius 2 is 2.03 bits per heavy atom. The van der Waals surface area contributed by atoms with Crippen LogP contribution in [0.1, 0.15) is 24.8 Å². The largest absolute Gasteiger partial charge is 0.392 e. The first-order chi connectivity index (χ1) is 14.0. The van der Waals surface area contributed by atoms with Gasteiger partial charge < -0.3 is 20.2 Å². The second-order valence-electron chi connectivity index (χ2n) is 8.74. The van der Waals surface area contributed by atoms with Gasteiger partial charge in [0.1, 0.15) is 0 Å². The molecule has 29 heavy (non-hydrogen) atoms. The summed E-state index contributed by atoms with van der Waals surface area (Å²) in [6.07, 6.45) is 1.31. The van der Waals surface area contributed by atoms with Crippen LogP contribution in [0.5, 0.6) is 0 Å². The monoisotopic (exact) mass is 400 g/mol. The number of hydrogen-bond acceptors (Lipinski definition) is 5. The Labute approximate surface area is 172 Å². The SMILES string of the molecule is Cc1cccc(N2CCN(CC(=O)N3CC[C@@H](O)[C@@]4(CCCNC4=O)C3)CC2)c1. The molecule has 7 heteroatoms. The van der Waals surface area contributed by atoms with Crippen molar-refractivity contribution in [2.75, 3.05) is 57.3 Å². The highest BCUT2D eigenvalue weighted by Gasteiger charge is 2.50. The standard InChI is InChI=1S/C22H32N4O3/c1-17-4-2-5-18(14-17)25-12-10-24(11-13-25)15-20(28)26-9-6-19(27)22(16-26)7-3-8-23-21(22)29/h2,4-5,14,19,27H,3,6-13,15-16H2,1H3,(H,23,29)/t19-,22-/m1/s1. The lowest BCUT2D eigenvalue weighted by molar-refractivity contribution is -0.155. The zero-order valence-corrected chi connectivity index (χ0v) is 17.3. The van der Waals surface area contributed by atoms with E-state index < -0.39 is 11.5 Å². The summed E-state index contributed by atoms with van der Waals surface area (Å²) in [5.41, 5.74) is 1.68. The zero-order chi connectivity index (χ0) is 20.4. The lowest BCUT2D eigenvalue weighted by atomic mass is 9.71. The molecule has 1 aromatic carbocycles. The fraction of sp³-hybridized carbons (Fsp3) is 0.636. The Morgan fingerprint density at radius 3 is 2.76 bits per heavy atom. The quantitative estimate of drug-likeness (QED) is 0.778. The number of aliphatic hydroxyl groups is 1. The van der Waals surface area contributed by atoms with Gasteiger partial charge in [-0.05, 0) is 43.9 Å². The Balaban J connectivity index is 1.32. The molecule has 3 heterocycles. The van der Waals surface area contributed by atoms with E-state index in [0.717, 1.165) is 32.6 Å². The van der Waals surface area contributed by atoms with Crippen LogP contribution in [0.25, 0.3) is 0 Å². The van der Waals surface area contributed by atoms with E-state index in [4.69, 9.17) is 0 Å². The Kier molecular flexibility index (Phi) is 5.79. The van der Waals surface area contributed by atoms with Crippen molar-refractivity contribution in [2.24, 2.45) is 5.41 Å². The fourth-order valence-corrected chi connectivity index (χ4v) is 4.94. The Hall–Kier alpha value is -2.12. The number of nitrogens with zero attached hydrogens (tertiary/aromatic N) is 3. The van der Waals surface area contributed by atoms with Gasteiger partial charge in [0.05, 0.1) is 18.1 Å². The van der Waals surface area contributed by atoms with E-state index in [-0.39, 0.29) is 11.8 Å². The molecule has 3 fully saturated rings. The minimum atomic E-state index is -0.823. The highest BCUT2D eigenvalue weighted by molar-refractivity contribution is 5.86. The number of aryl methyl sites for hydroxylation is 1.